The second kappa shape index (κ2) is 8.76. The highest BCUT2D eigenvalue weighted by Gasteiger charge is 2.75. The molecule has 1 aromatic heterocycles. The largest absolute Gasteiger partial charge is 0.381 e. The van der Waals surface area contributed by atoms with Crippen LogP contribution < -0.4 is 4.72 Å². The molecule has 1 aromatic rings. The highest BCUT2D eigenvalue weighted by atomic mass is 32.2. The number of nitrogens with zero attached hydrogens (tertiary/aromatic N) is 2. The van der Waals surface area contributed by atoms with E-state index in [1.165, 1.54) is 0 Å². The van der Waals surface area contributed by atoms with E-state index >= 15 is 0 Å². The van der Waals surface area contributed by atoms with Crippen LogP contribution in [-0.2, 0) is 19.6 Å². The van der Waals surface area contributed by atoms with Crippen LogP contribution in [-0.4, -0.2) is 41.4 Å². The van der Waals surface area contributed by atoms with Crippen molar-refractivity contribution in [2.75, 3.05) is 0 Å². The topological polar surface area (TPSA) is 150 Å². The molecule has 3 fully saturated rings. The number of carbonyl (C=O) groups is 2. The molecule has 6 rings (SSSR count). The number of ketones is 2. The van der Waals surface area contributed by atoms with E-state index in [1.807, 2.05) is 27.7 Å². The Balaban J connectivity index is 1.47. The van der Waals surface area contributed by atoms with E-state index in [9.17, 15) is 28.4 Å². The van der Waals surface area contributed by atoms with Gasteiger partial charge in [-0.25, -0.2) is 13.1 Å². The summed E-state index contributed by atoms with van der Waals surface area (Å²) in [6.45, 7) is 14.0. The van der Waals surface area contributed by atoms with Gasteiger partial charge in [0.15, 0.2) is 11.6 Å². The molecule has 0 radical (unpaired) electrons. The maximum absolute atomic E-state index is 14.6. The first-order chi connectivity index (χ1) is 19.7. The van der Waals surface area contributed by atoms with Gasteiger partial charge in [0.25, 0.3) is 0 Å². The number of rotatable bonds is 3. The van der Waals surface area contributed by atoms with Crippen molar-refractivity contribution in [3.8, 4) is 6.07 Å². The number of nitrogens with one attached hydrogen (secondary N) is 1. The van der Waals surface area contributed by atoms with Crippen LogP contribution in [0.1, 0.15) is 93.4 Å². The van der Waals surface area contributed by atoms with Crippen LogP contribution in [0.25, 0.3) is 0 Å². The zero-order valence-corrected chi connectivity index (χ0v) is 27.0. The summed E-state index contributed by atoms with van der Waals surface area (Å²) in [5.74, 6) is -1.10. The molecule has 5 aliphatic rings. The van der Waals surface area contributed by atoms with Crippen molar-refractivity contribution in [1.29, 1.82) is 5.26 Å². The normalized spacial score (nSPS) is 45.5. The molecule has 9 nitrogen and oxygen atoms in total. The second-order valence-electron chi connectivity index (χ2n) is 15.9. The van der Waals surface area contributed by atoms with Crippen LogP contribution in [0, 0.1) is 50.2 Å². The van der Waals surface area contributed by atoms with E-state index in [4.69, 9.17) is 4.52 Å². The summed E-state index contributed by atoms with van der Waals surface area (Å²) in [6.07, 6.45) is 10.0. The summed E-state index contributed by atoms with van der Waals surface area (Å²) in [5.41, 5.74) is -4.87. The zero-order valence-electron chi connectivity index (χ0n) is 26.2. The van der Waals surface area contributed by atoms with Gasteiger partial charge in [-0.2, -0.15) is 5.26 Å². The molecule has 0 saturated heterocycles. The lowest BCUT2D eigenvalue weighted by Gasteiger charge is -2.71. The Hall–Kier alpha value is -2.61. The summed E-state index contributed by atoms with van der Waals surface area (Å²) in [4.78, 5) is 27.8. The van der Waals surface area contributed by atoms with Crippen molar-refractivity contribution in [3.05, 3.63) is 35.8 Å². The van der Waals surface area contributed by atoms with Gasteiger partial charge in [-0.05, 0) is 80.3 Å². The molecule has 2 N–H and O–H groups in total. The predicted molar refractivity (Wildman–Crippen MR) is 157 cm³/mol. The molecular weight excluding hydrogens is 566 g/mol. The third kappa shape index (κ3) is 3.68. The van der Waals surface area contributed by atoms with Crippen LogP contribution in [0.4, 0.5) is 0 Å². The summed E-state index contributed by atoms with van der Waals surface area (Å²) in [5, 5.41) is 26.5. The third-order valence-corrected chi connectivity index (χ3v) is 14.9. The highest BCUT2D eigenvalue weighted by Crippen LogP contribution is 2.75. The lowest BCUT2D eigenvalue weighted by atomic mass is 9.33. The third-order valence-electron chi connectivity index (χ3n) is 13.4. The second-order valence-corrected chi connectivity index (χ2v) is 17.6. The molecule has 0 aromatic carbocycles. The molecule has 232 valence electrons. The van der Waals surface area contributed by atoms with Crippen molar-refractivity contribution in [2.24, 2.45) is 38.9 Å². The van der Waals surface area contributed by atoms with E-state index < -0.39 is 48.7 Å². The Kier molecular flexibility index (Phi) is 6.20. The molecule has 0 spiro atoms. The average molecular weight is 610 g/mol. The molecule has 5 aliphatic carbocycles. The van der Waals surface area contributed by atoms with Crippen LogP contribution in [0.5, 0.6) is 0 Å². The molecule has 0 bridgehead atoms. The van der Waals surface area contributed by atoms with Crippen molar-refractivity contribution >= 4 is 21.6 Å². The fourth-order valence-electron chi connectivity index (χ4n) is 10.6. The number of sulfonamides is 1. The van der Waals surface area contributed by atoms with Crippen molar-refractivity contribution in [1.82, 2.24) is 9.88 Å². The SMILES string of the molecule is CC1(C)C(=O)C(C#N)=C[C@]2(C)C3=CC(=O)[C@]4(O)[C@@H]5C[C@@](C)(NS(=O)(=O)c6cnoc6)CC[C@@]5(C)CC[C@@]4(C)[C@]3(C)CC[C@@H]12. The van der Waals surface area contributed by atoms with Gasteiger partial charge in [0, 0.05) is 27.7 Å². The van der Waals surface area contributed by atoms with Gasteiger partial charge in [0.05, 0.1) is 11.8 Å². The molecule has 8 atom stereocenters. The standard InChI is InChI=1S/C33H43N3O6S/c1-27(2)22-8-9-31(6)23(30(22,5)15-20(17-34)26(27)38)14-25(37)33(39)24-16-29(4,36-43(40,41)21-18-35-42-19-21)12-10-28(24,3)11-13-32(31,33)7/h14-15,18-19,22,24,36,39H,8-13,16H2,1-7H3/t22-,24+,28-,29-,30-,31+,32-,33+/m0/s1. The first kappa shape index (κ1) is 30.4. The Labute approximate surface area is 254 Å². The van der Waals surface area contributed by atoms with Crippen LogP contribution >= 0.6 is 0 Å². The minimum Gasteiger partial charge on any atom is -0.381 e. The molecule has 0 amide bonds. The van der Waals surface area contributed by atoms with Gasteiger partial charge in [-0.15, -0.1) is 0 Å². The number of aliphatic hydroxyl groups is 1. The quantitative estimate of drug-likeness (QED) is 0.484. The average Bonchev–Trinajstić information content (AvgIpc) is 3.47. The number of fused-ring (bicyclic) bond motifs is 7. The van der Waals surface area contributed by atoms with Gasteiger partial charge in [0.1, 0.15) is 22.8 Å². The Bertz CT molecular complexity index is 1640. The smallest absolute Gasteiger partial charge is 0.245 e. The zero-order chi connectivity index (χ0) is 31.6. The summed E-state index contributed by atoms with van der Waals surface area (Å²) < 4.78 is 34.1. The van der Waals surface area contributed by atoms with Crippen LogP contribution in [0.2, 0.25) is 0 Å². The van der Waals surface area contributed by atoms with Crippen LogP contribution in [0.3, 0.4) is 0 Å². The fourth-order valence-corrected chi connectivity index (χ4v) is 11.9. The number of Topliss-reactive ketones (excluding diaryl/α,β-unsaturated/α-hetero) is 1. The lowest BCUT2D eigenvalue weighted by molar-refractivity contribution is -0.239. The van der Waals surface area contributed by atoms with Crippen molar-refractivity contribution < 1.29 is 27.6 Å². The van der Waals surface area contributed by atoms with E-state index in [0.29, 0.717) is 32.1 Å². The Morgan fingerprint density at radius 1 is 1.02 bits per heavy atom. The lowest BCUT2D eigenvalue weighted by Crippen LogP contribution is -2.74. The van der Waals surface area contributed by atoms with Gasteiger partial charge in [-0.3, -0.25) is 9.59 Å². The number of nitriles is 1. The van der Waals surface area contributed by atoms with Gasteiger partial charge in [-0.1, -0.05) is 52.8 Å². The van der Waals surface area contributed by atoms with E-state index in [0.717, 1.165) is 30.9 Å². The van der Waals surface area contributed by atoms with Gasteiger partial charge >= 0.3 is 0 Å². The molecule has 10 heteroatoms. The Morgan fingerprint density at radius 3 is 2.33 bits per heavy atom. The molecule has 3 saturated carbocycles. The molecule has 0 unspecified atom stereocenters. The molecule has 0 aliphatic heterocycles. The maximum Gasteiger partial charge on any atom is 0.245 e. The highest BCUT2D eigenvalue weighted by molar-refractivity contribution is 7.89. The Morgan fingerprint density at radius 2 is 1.70 bits per heavy atom. The van der Waals surface area contributed by atoms with Crippen molar-refractivity contribution in [3.63, 3.8) is 0 Å². The minimum absolute atomic E-state index is 0.0632. The molecular formula is C33H43N3O6S. The summed E-state index contributed by atoms with van der Waals surface area (Å²) >= 11 is 0. The number of carbonyl (C=O) groups excluding carboxylic acids is 2. The van der Waals surface area contributed by atoms with Crippen LogP contribution in [0.15, 0.2) is 45.2 Å². The van der Waals surface area contributed by atoms with Crippen molar-refractivity contribution in [2.45, 2.75) is 109 Å². The number of hydrogen-bond acceptors (Lipinski definition) is 8. The summed E-state index contributed by atoms with van der Waals surface area (Å²) in [6, 6.07) is 2.12. The first-order valence-corrected chi connectivity index (χ1v) is 16.8. The van der Waals surface area contributed by atoms with Gasteiger partial charge in [0.2, 0.25) is 10.0 Å². The van der Waals surface area contributed by atoms with Gasteiger partial charge < -0.3 is 9.63 Å². The molecule has 43 heavy (non-hydrogen) atoms. The predicted octanol–water partition coefficient (Wildman–Crippen LogP) is 5.04. The maximum atomic E-state index is 14.6. The number of aromatic nitrogens is 1. The number of hydrogen-bond donors (Lipinski definition) is 2. The monoisotopic (exact) mass is 609 g/mol. The first-order valence-electron chi connectivity index (χ1n) is 15.3. The molecule has 1 heterocycles. The van der Waals surface area contributed by atoms with E-state index in [-0.39, 0.29) is 33.4 Å². The summed E-state index contributed by atoms with van der Waals surface area (Å²) in [7, 11) is -3.93. The fraction of sp³-hybridized carbons (Fsp3) is 0.697. The minimum atomic E-state index is -3.93. The number of allylic oxidation sites excluding steroid dienone is 3. The van der Waals surface area contributed by atoms with E-state index in [1.54, 1.807) is 12.2 Å². The van der Waals surface area contributed by atoms with E-state index in [2.05, 4.69) is 36.7 Å².